The van der Waals surface area contributed by atoms with Gasteiger partial charge in [-0.1, -0.05) is 13.8 Å². The fourth-order valence-electron chi connectivity index (χ4n) is 2.06. The van der Waals surface area contributed by atoms with Crippen molar-refractivity contribution in [2.45, 2.75) is 26.7 Å². The van der Waals surface area contributed by atoms with Crippen molar-refractivity contribution >= 4 is 12.4 Å². The molecule has 98 valence electrons. The Labute approximate surface area is 106 Å². The van der Waals surface area contributed by atoms with E-state index in [-0.39, 0.29) is 12.4 Å². The molecule has 1 atom stereocenters. The van der Waals surface area contributed by atoms with Crippen LogP contribution in [0.25, 0.3) is 0 Å². The van der Waals surface area contributed by atoms with Gasteiger partial charge in [0.05, 0.1) is 6.61 Å². The number of likely N-dealkylation sites (tertiary alicyclic amines) is 1. The zero-order chi connectivity index (χ0) is 11.1. The second-order valence-corrected chi connectivity index (χ2v) is 5.01. The number of halogens is 1. The summed E-state index contributed by atoms with van der Waals surface area (Å²) >= 11 is 0. The minimum absolute atomic E-state index is 0. The van der Waals surface area contributed by atoms with E-state index in [9.17, 15) is 0 Å². The van der Waals surface area contributed by atoms with Gasteiger partial charge in [0.25, 0.3) is 0 Å². The molecule has 0 aliphatic carbocycles. The van der Waals surface area contributed by atoms with Crippen molar-refractivity contribution < 1.29 is 4.74 Å². The lowest BCUT2D eigenvalue weighted by Crippen LogP contribution is -2.40. The maximum Gasteiger partial charge on any atom is 0.0593 e. The Morgan fingerprint density at radius 3 is 2.81 bits per heavy atom. The van der Waals surface area contributed by atoms with E-state index < -0.39 is 0 Å². The highest BCUT2D eigenvalue weighted by atomic mass is 35.5. The van der Waals surface area contributed by atoms with Crippen molar-refractivity contribution in [2.75, 3.05) is 39.4 Å². The first-order chi connectivity index (χ1) is 7.22. The van der Waals surface area contributed by atoms with E-state index >= 15 is 0 Å². The molecule has 2 N–H and O–H groups in total. The Kier molecular flexibility index (Phi) is 9.32. The molecule has 0 spiro atoms. The summed E-state index contributed by atoms with van der Waals surface area (Å²) in [4.78, 5) is 2.49. The highest BCUT2D eigenvalue weighted by Gasteiger charge is 2.17. The molecule has 1 heterocycles. The summed E-state index contributed by atoms with van der Waals surface area (Å²) in [6.07, 6.45) is 2.60. The topological polar surface area (TPSA) is 38.5 Å². The molecule has 3 nitrogen and oxygen atoms in total. The third-order valence-electron chi connectivity index (χ3n) is 2.94. The van der Waals surface area contributed by atoms with Crippen LogP contribution in [-0.2, 0) is 4.74 Å². The van der Waals surface area contributed by atoms with E-state index in [0.29, 0.717) is 11.8 Å². The summed E-state index contributed by atoms with van der Waals surface area (Å²) in [5.41, 5.74) is 5.70. The minimum atomic E-state index is 0. The standard InChI is InChI=1S/C12H26N2O.ClH/c1-11(2)10-15-7-6-14-5-3-4-12(8-13)9-14;/h11-12H,3-10,13H2,1-2H3;1H. The predicted octanol–water partition coefficient (Wildman–Crippen LogP) is 1.75. The lowest BCUT2D eigenvalue weighted by Gasteiger charge is -2.31. The number of hydrogen-bond acceptors (Lipinski definition) is 3. The van der Waals surface area contributed by atoms with Crippen molar-refractivity contribution in [2.24, 2.45) is 17.6 Å². The van der Waals surface area contributed by atoms with Gasteiger partial charge in [0.2, 0.25) is 0 Å². The highest BCUT2D eigenvalue weighted by molar-refractivity contribution is 5.85. The van der Waals surface area contributed by atoms with Gasteiger partial charge in [-0.05, 0) is 37.8 Å². The second kappa shape index (κ2) is 9.23. The van der Waals surface area contributed by atoms with Crippen molar-refractivity contribution in [1.82, 2.24) is 4.90 Å². The number of nitrogens with zero attached hydrogens (tertiary/aromatic N) is 1. The van der Waals surface area contributed by atoms with Gasteiger partial charge in [-0.2, -0.15) is 0 Å². The molecule has 0 amide bonds. The van der Waals surface area contributed by atoms with Crippen LogP contribution in [0, 0.1) is 11.8 Å². The molecule has 1 rings (SSSR count). The first kappa shape index (κ1) is 16.2. The molecule has 1 fully saturated rings. The van der Waals surface area contributed by atoms with Crippen molar-refractivity contribution in [3.8, 4) is 0 Å². The van der Waals surface area contributed by atoms with Gasteiger partial charge in [0.15, 0.2) is 0 Å². The van der Waals surface area contributed by atoms with E-state index in [1.54, 1.807) is 0 Å². The van der Waals surface area contributed by atoms with Crippen molar-refractivity contribution in [3.63, 3.8) is 0 Å². The summed E-state index contributed by atoms with van der Waals surface area (Å²) in [6, 6.07) is 0. The summed E-state index contributed by atoms with van der Waals surface area (Å²) in [5.74, 6) is 1.35. The largest absolute Gasteiger partial charge is 0.380 e. The molecular formula is C12H27ClN2O. The van der Waals surface area contributed by atoms with Crippen LogP contribution in [0.4, 0.5) is 0 Å². The van der Waals surface area contributed by atoms with Gasteiger partial charge in [0.1, 0.15) is 0 Å². The lowest BCUT2D eigenvalue weighted by molar-refractivity contribution is 0.0719. The average molecular weight is 251 g/mol. The van der Waals surface area contributed by atoms with Crippen LogP contribution in [0.3, 0.4) is 0 Å². The molecule has 0 bridgehead atoms. The molecule has 1 aliphatic heterocycles. The number of piperidine rings is 1. The van der Waals surface area contributed by atoms with E-state index in [2.05, 4.69) is 18.7 Å². The Hall–Kier alpha value is 0.170. The van der Waals surface area contributed by atoms with Gasteiger partial charge in [-0.15, -0.1) is 12.4 Å². The monoisotopic (exact) mass is 250 g/mol. The zero-order valence-corrected chi connectivity index (χ0v) is 11.5. The molecule has 0 aromatic rings. The Morgan fingerprint density at radius 1 is 1.44 bits per heavy atom. The predicted molar refractivity (Wildman–Crippen MR) is 71.1 cm³/mol. The molecule has 0 saturated carbocycles. The Bertz CT molecular complexity index is 167. The van der Waals surface area contributed by atoms with E-state index in [1.165, 1.54) is 25.9 Å². The Morgan fingerprint density at radius 2 is 2.19 bits per heavy atom. The number of rotatable bonds is 6. The third kappa shape index (κ3) is 6.69. The molecule has 1 unspecified atom stereocenters. The SMILES string of the molecule is CC(C)COCCN1CCCC(CN)C1.Cl. The molecule has 1 aliphatic rings. The number of ether oxygens (including phenoxy) is 1. The number of nitrogens with two attached hydrogens (primary N) is 1. The van der Waals surface area contributed by atoms with Crippen LogP contribution in [0.1, 0.15) is 26.7 Å². The van der Waals surface area contributed by atoms with Crippen molar-refractivity contribution in [1.29, 1.82) is 0 Å². The normalized spacial score (nSPS) is 22.1. The van der Waals surface area contributed by atoms with E-state index in [1.807, 2.05) is 0 Å². The van der Waals surface area contributed by atoms with E-state index in [0.717, 1.165) is 26.3 Å². The summed E-state index contributed by atoms with van der Waals surface area (Å²) in [6.45, 7) is 10.4. The van der Waals surface area contributed by atoms with Gasteiger partial charge in [-0.25, -0.2) is 0 Å². The molecular weight excluding hydrogens is 224 g/mol. The molecule has 4 heteroatoms. The molecule has 0 aromatic heterocycles. The maximum atomic E-state index is 5.70. The lowest BCUT2D eigenvalue weighted by atomic mass is 9.98. The summed E-state index contributed by atoms with van der Waals surface area (Å²) < 4.78 is 5.59. The van der Waals surface area contributed by atoms with Crippen LogP contribution >= 0.6 is 12.4 Å². The first-order valence-electron chi connectivity index (χ1n) is 6.22. The highest BCUT2D eigenvalue weighted by Crippen LogP contribution is 2.14. The fraction of sp³-hybridized carbons (Fsp3) is 1.00. The third-order valence-corrected chi connectivity index (χ3v) is 2.94. The summed E-state index contributed by atoms with van der Waals surface area (Å²) in [7, 11) is 0. The van der Waals surface area contributed by atoms with Gasteiger partial charge in [0, 0.05) is 19.7 Å². The summed E-state index contributed by atoms with van der Waals surface area (Å²) in [5, 5.41) is 0. The first-order valence-corrected chi connectivity index (χ1v) is 6.22. The zero-order valence-electron chi connectivity index (χ0n) is 10.7. The van der Waals surface area contributed by atoms with Crippen molar-refractivity contribution in [3.05, 3.63) is 0 Å². The van der Waals surface area contributed by atoms with Crippen LogP contribution in [0.15, 0.2) is 0 Å². The average Bonchev–Trinajstić information content (AvgIpc) is 2.24. The molecule has 16 heavy (non-hydrogen) atoms. The minimum Gasteiger partial charge on any atom is -0.380 e. The number of hydrogen-bond donors (Lipinski definition) is 1. The van der Waals surface area contributed by atoms with Crippen LogP contribution in [0.5, 0.6) is 0 Å². The van der Waals surface area contributed by atoms with Crippen LogP contribution in [-0.4, -0.2) is 44.3 Å². The van der Waals surface area contributed by atoms with Gasteiger partial charge < -0.3 is 15.4 Å². The Balaban J connectivity index is 0.00000225. The van der Waals surface area contributed by atoms with Gasteiger partial charge in [-0.3, -0.25) is 0 Å². The molecule has 0 aromatic carbocycles. The van der Waals surface area contributed by atoms with Gasteiger partial charge >= 0.3 is 0 Å². The van der Waals surface area contributed by atoms with Crippen LogP contribution < -0.4 is 5.73 Å². The quantitative estimate of drug-likeness (QED) is 0.730. The fourth-order valence-corrected chi connectivity index (χ4v) is 2.06. The van der Waals surface area contributed by atoms with E-state index in [4.69, 9.17) is 10.5 Å². The second-order valence-electron chi connectivity index (χ2n) is 5.01. The smallest absolute Gasteiger partial charge is 0.0593 e. The van der Waals surface area contributed by atoms with Crippen LogP contribution in [0.2, 0.25) is 0 Å². The molecule has 1 saturated heterocycles. The maximum absolute atomic E-state index is 5.70. The molecule has 0 radical (unpaired) electrons.